The highest BCUT2D eigenvalue weighted by atomic mass is 16.7. The predicted octanol–water partition coefficient (Wildman–Crippen LogP) is 3.49. The van der Waals surface area contributed by atoms with Gasteiger partial charge in [0.1, 0.15) is 18.4 Å². The van der Waals surface area contributed by atoms with Crippen LogP contribution in [0.2, 0.25) is 0 Å². The highest BCUT2D eigenvalue weighted by molar-refractivity contribution is 6.03. The maximum Gasteiger partial charge on any atom is 0.262 e. The first kappa shape index (κ1) is 23.6. The molecule has 8 heteroatoms. The standard InChI is InChI=1S/C27H25N3O5/c1-4-13-33-22-11-9-18-7-5-6-8-20(18)21(22)15-28-30-27(32)25(17(2)3)29-26(31)19-10-12-23-24(14-19)35-16-34-23/h1,5-12,14-15,17,25H,13,16H2,2-3H3,(H,29,31)(H,30,32)/b28-15+. The topological polar surface area (TPSA) is 98.2 Å². The minimum Gasteiger partial charge on any atom is -0.480 e. The normalized spacial score (nSPS) is 13.0. The molecule has 0 aromatic heterocycles. The van der Waals surface area contributed by atoms with Gasteiger partial charge < -0.3 is 19.5 Å². The van der Waals surface area contributed by atoms with Crippen LogP contribution >= 0.6 is 0 Å². The first-order valence-corrected chi connectivity index (χ1v) is 11.1. The van der Waals surface area contributed by atoms with E-state index in [2.05, 4.69) is 21.8 Å². The van der Waals surface area contributed by atoms with E-state index in [1.54, 1.807) is 18.2 Å². The Morgan fingerprint density at radius 2 is 1.94 bits per heavy atom. The summed E-state index contributed by atoms with van der Waals surface area (Å²) in [6.07, 6.45) is 6.85. The van der Waals surface area contributed by atoms with Crippen molar-refractivity contribution in [3.05, 3.63) is 65.7 Å². The number of amides is 2. The van der Waals surface area contributed by atoms with E-state index in [9.17, 15) is 9.59 Å². The number of carbonyl (C=O) groups excluding carboxylic acids is 2. The highest BCUT2D eigenvalue weighted by Crippen LogP contribution is 2.32. The van der Waals surface area contributed by atoms with Crippen molar-refractivity contribution in [2.45, 2.75) is 19.9 Å². The summed E-state index contributed by atoms with van der Waals surface area (Å²) in [5.74, 6) is 3.03. The molecule has 3 aromatic carbocycles. The molecule has 0 saturated heterocycles. The molecule has 0 spiro atoms. The van der Waals surface area contributed by atoms with E-state index < -0.39 is 17.9 Å². The van der Waals surface area contributed by atoms with Gasteiger partial charge in [-0.05, 0) is 41.0 Å². The number of nitrogens with zero attached hydrogens (tertiary/aromatic N) is 1. The Hall–Kier alpha value is -4.51. The number of nitrogens with one attached hydrogen (secondary N) is 2. The quantitative estimate of drug-likeness (QED) is 0.298. The number of hydrogen-bond acceptors (Lipinski definition) is 6. The van der Waals surface area contributed by atoms with Crippen LogP contribution in [0.25, 0.3) is 10.8 Å². The summed E-state index contributed by atoms with van der Waals surface area (Å²) < 4.78 is 16.3. The number of carbonyl (C=O) groups is 2. The largest absolute Gasteiger partial charge is 0.480 e. The molecule has 1 aliphatic heterocycles. The first-order valence-electron chi connectivity index (χ1n) is 11.1. The zero-order valence-corrected chi connectivity index (χ0v) is 19.4. The SMILES string of the molecule is C#CCOc1ccc2ccccc2c1/C=N/NC(=O)C(NC(=O)c1ccc2c(c1)OCO2)C(C)C. The second-order valence-corrected chi connectivity index (χ2v) is 8.19. The molecule has 3 aromatic rings. The summed E-state index contributed by atoms with van der Waals surface area (Å²) in [5, 5.41) is 8.81. The summed E-state index contributed by atoms with van der Waals surface area (Å²) in [7, 11) is 0. The summed E-state index contributed by atoms with van der Waals surface area (Å²) in [5.41, 5.74) is 3.58. The molecule has 8 nitrogen and oxygen atoms in total. The maximum absolute atomic E-state index is 12.9. The summed E-state index contributed by atoms with van der Waals surface area (Å²) in [4.78, 5) is 25.7. The Labute approximate surface area is 203 Å². The summed E-state index contributed by atoms with van der Waals surface area (Å²) in [6, 6.07) is 15.5. The highest BCUT2D eigenvalue weighted by Gasteiger charge is 2.25. The number of fused-ring (bicyclic) bond motifs is 2. The summed E-state index contributed by atoms with van der Waals surface area (Å²) >= 11 is 0. The van der Waals surface area contributed by atoms with E-state index in [1.807, 2.05) is 50.2 Å². The lowest BCUT2D eigenvalue weighted by molar-refractivity contribution is -0.123. The fraction of sp³-hybridized carbons (Fsp3) is 0.222. The number of rotatable bonds is 8. The van der Waals surface area contributed by atoms with Gasteiger partial charge in [-0.15, -0.1) is 6.42 Å². The van der Waals surface area contributed by atoms with E-state index in [4.69, 9.17) is 20.6 Å². The minimum absolute atomic E-state index is 0.104. The molecular weight excluding hydrogens is 446 g/mol. The van der Waals surface area contributed by atoms with E-state index in [-0.39, 0.29) is 19.3 Å². The van der Waals surface area contributed by atoms with Crippen LogP contribution in [0.1, 0.15) is 29.8 Å². The van der Waals surface area contributed by atoms with Crippen molar-refractivity contribution in [3.63, 3.8) is 0 Å². The van der Waals surface area contributed by atoms with Gasteiger partial charge in [-0.25, -0.2) is 5.43 Å². The molecule has 0 fully saturated rings. The summed E-state index contributed by atoms with van der Waals surface area (Å²) in [6.45, 7) is 3.89. The second kappa shape index (κ2) is 10.6. The van der Waals surface area contributed by atoms with Gasteiger partial charge in [-0.1, -0.05) is 50.1 Å². The van der Waals surface area contributed by atoms with Crippen LogP contribution in [-0.2, 0) is 4.79 Å². The molecule has 1 unspecified atom stereocenters. The Morgan fingerprint density at radius 3 is 2.74 bits per heavy atom. The fourth-order valence-corrected chi connectivity index (χ4v) is 3.68. The van der Waals surface area contributed by atoms with E-state index in [1.165, 1.54) is 6.21 Å². The molecule has 0 saturated carbocycles. The van der Waals surface area contributed by atoms with Crippen molar-refractivity contribution >= 4 is 28.8 Å². The van der Waals surface area contributed by atoms with Crippen molar-refractivity contribution < 1.29 is 23.8 Å². The molecule has 2 amide bonds. The van der Waals surface area contributed by atoms with Gasteiger partial charge in [0.15, 0.2) is 11.5 Å². The number of ether oxygens (including phenoxy) is 3. The van der Waals surface area contributed by atoms with E-state index >= 15 is 0 Å². The predicted molar refractivity (Wildman–Crippen MR) is 133 cm³/mol. The van der Waals surface area contributed by atoms with E-state index in [0.717, 1.165) is 10.8 Å². The number of benzene rings is 3. The lowest BCUT2D eigenvalue weighted by Gasteiger charge is -2.20. The Kier molecular flexibility index (Phi) is 7.17. The average molecular weight is 472 g/mol. The molecule has 2 N–H and O–H groups in total. The van der Waals surface area contributed by atoms with Crippen molar-refractivity contribution in [2.24, 2.45) is 11.0 Å². The molecule has 1 heterocycles. The molecule has 0 bridgehead atoms. The van der Waals surface area contributed by atoms with Crippen molar-refractivity contribution in [1.29, 1.82) is 0 Å². The molecule has 0 radical (unpaired) electrons. The lowest BCUT2D eigenvalue weighted by atomic mass is 10.0. The van der Waals surface area contributed by atoms with Crippen molar-refractivity contribution in [3.8, 4) is 29.6 Å². The van der Waals surface area contributed by atoms with Crippen molar-refractivity contribution in [2.75, 3.05) is 13.4 Å². The average Bonchev–Trinajstić information content (AvgIpc) is 3.34. The molecule has 178 valence electrons. The van der Waals surface area contributed by atoms with Gasteiger partial charge in [0.2, 0.25) is 6.79 Å². The minimum atomic E-state index is -0.810. The Bertz CT molecular complexity index is 1330. The maximum atomic E-state index is 12.9. The third kappa shape index (κ3) is 5.36. The number of hydrazone groups is 1. The molecule has 35 heavy (non-hydrogen) atoms. The van der Waals surface area contributed by atoms with Crippen LogP contribution in [0.4, 0.5) is 0 Å². The first-order chi connectivity index (χ1) is 17.0. The van der Waals surface area contributed by atoms with Crippen molar-refractivity contribution in [1.82, 2.24) is 10.7 Å². The van der Waals surface area contributed by atoms with Gasteiger partial charge in [0.25, 0.3) is 11.8 Å². The Morgan fingerprint density at radius 1 is 1.14 bits per heavy atom. The van der Waals surface area contributed by atoms with Gasteiger partial charge in [0.05, 0.1) is 6.21 Å². The van der Waals surface area contributed by atoms with Gasteiger partial charge >= 0.3 is 0 Å². The van der Waals surface area contributed by atoms with Crippen LogP contribution < -0.4 is 25.0 Å². The molecule has 1 aliphatic rings. The molecule has 4 rings (SSSR count). The zero-order chi connectivity index (χ0) is 24.8. The second-order valence-electron chi connectivity index (χ2n) is 8.19. The van der Waals surface area contributed by atoms with Crippen LogP contribution in [-0.4, -0.2) is 37.5 Å². The van der Waals surface area contributed by atoms with Crippen LogP contribution in [0, 0.1) is 18.3 Å². The molecule has 0 aliphatic carbocycles. The Balaban J connectivity index is 1.49. The lowest BCUT2D eigenvalue weighted by Crippen LogP contribution is -2.48. The third-order valence-corrected chi connectivity index (χ3v) is 5.48. The van der Waals surface area contributed by atoms with Gasteiger partial charge in [-0.3, -0.25) is 9.59 Å². The third-order valence-electron chi connectivity index (χ3n) is 5.48. The number of hydrogen-bond donors (Lipinski definition) is 2. The van der Waals surface area contributed by atoms with Gasteiger partial charge in [0, 0.05) is 11.1 Å². The fourth-order valence-electron chi connectivity index (χ4n) is 3.68. The van der Waals surface area contributed by atoms with Crippen LogP contribution in [0.15, 0.2) is 59.7 Å². The smallest absolute Gasteiger partial charge is 0.262 e. The number of terminal acetylenes is 1. The molecular formula is C27H25N3O5. The van der Waals surface area contributed by atoms with Crippen LogP contribution in [0.5, 0.6) is 17.2 Å². The molecule has 1 atom stereocenters. The van der Waals surface area contributed by atoms with E-state index in [0.29, 0.717) is 28.4 Å². The zero-order valence-electron chi connectivity index (χ0n) is 19.4. The van der Waals surface area contributed by atoms with Gasteiger partial charge in [-0.2, -0.15) is 5.10 Å². The monoisotopic (exact) mass is 471 g/mol. The van der Waals surface area contributed by atoms with Crippen LogP contribution in [0.3, 0.4) is 0 Å².